The number of hydrogen-bond donors (Lipinski definition) is 1. The molecule has 1 heterocycles. The summed E-state index contributed by atoms with van der Waals surface area (Å²) in [7, 11) is -8.30. The normalized spacial score (nSPS) is 13.1. The molecule has 0 spiro atoms. The molecule has 0 bridgehead atoms. The molecule has 0 amide bonds. The smallest absolute Gasteiger partial charge is 0.324 e. The number of nitrogens with zero attached hydrogens (tertiary/aromatic N) is 2. The zero-order valence-electron chi connectivity index (χ0n) is 34.7. The molecule has 1 N–H and O–H groups in total. The highest BCUT2D eigenvalue weighted by molar-refractivity contribution is 7.89. The number of benzene rings is 4. The number of carbonyl (C=O) groups is 1. The molecule has 57 heavy (non-hydrogen) atoms. The SMILES string of the molecule is COC(=O)[C@H](Cc1cn([Si](C(C)C)(C(C)C)C(C)C)c2cccc(C#C[Si](c3ccccc3)(c3ccccc3)C(C)(C)C)c12)NS(=O)(=O)c1ccc([N+](=O)[O-])cc1. The number of sulfonamides is 1. The van der Waals surface area contributed by atoms with Crippen LogP contribution in [0, 0.1) is 21.6 Å². The average molecular weight is 822 g/mol. The Morgan fingerprint density at radius 1 is 0.825 bits per heavy atom. The Morgan fingerprint density at radius 3 is 1.81 bits per heavy atom. The second kappa shape index (κ2) is 17.0. The number of hydrogen-bond acceptors (Lipinski definition) is 6. The summed E-state index contributed by atoms with van der Waals surface area (Å²) >= 11 is 0. The quantitative estimate of drug-likeness (QED) is 0.0418. The Hall–Kier alpha value is -4.81. The van der Waals surface area contributed by atoms with Gasteiger partial charge in [0.1, 0.15) is 6.04 Å². The minimum absolute atomic E-state index is 0.0148. The molecule has 12 heteroatoms. The van der Waals surface area contributed by atoms with Crippen LogP contribution in [0.15, 0.2) is 114 Å². The lowest BCUT2D eigenvalue weighted by Crippen LogP contribution is -2.63. The zero-order valence-corrected chi connectivity index (χ0v) is 37.5. The fourth-order valence-electron chi connectivity index (χ4n) is 9.22. The first-order chi connectivity index (χ1) is 26.8. The molecular formula is C45H55N3O6SSi2. The summed E-state index contributed by atoms with van der Waals surface area (Å²) in [5.41, 5.74) is 7.31. The molecule has 9 nitrogen and oxygen atoms in total. The van der Waals surface area contributed by atoms with E-state index in [9.17, 15) is 23.3 Å². The second-order valence-electron chi connectivity index (χ2n) is 16.7. The summed E-state index contributed by atoms with van der Waals surface area (Å²) in [5.74, 6) is 2.98. The molecule has 5 rings (SSSR count). The van der Waals surface area contributed by atoms with Crippen molar-refractivity contribution in [1.29, 1.82) is 0 Å². The lowest BCUT2D eigenvalue weighted by molar-refractivity contribution is -0.384. The van der Waals surface area contributed by atoms with Crippen LogP contribution in [0.4, 0.5) is 5.69 Å². The van der Waals surface area contributed by atoms with Gasteiger partial charge in [-0.25, -0.2) is 8.42 Å². The summed E-state index contributed by atoms with van der Waals surface area (Å²) in [6.07, 6.45) is 2.13. The van der Waals surface area contributed by atoms with Crippen molar-refractivity contribution < 1.29 is 22.9 Å². The average Bonchev–Trinajstić information content (AvgIpc) is 3.53. The van der Waals surface area contributed by atoms with Gasteiger partial charge in [-0.1, -0.05) is 135 Å². The zero-order chi connectivity index (χ0) is 41.9. The van der Waals surface area contributed by atoms with Crippen molar-refractivity contribution in [3.63, 3.8) is 0 Å². The Bertz CT molecular complexity index is 2330. The van der Waals surface area contributed by atoms with Gasteiger partial charge in [-0.2, -0.15) is 4.72 Å². The molecule has 0 saturated carbocycles. The monoisotopic (exact) mass is 821 g/mol. The number of methoxy groups -OCH3 is 1. The van der Waals surface area contributed by atoms with Gasteiger partial charge in [0.05, 0.1) is 16.9 Å². The molecule has 0 unspecified atom stereocenters. The predicted molar refractivity (Wildman–Crippen MR) is 236 cm³/mol. The molecule has 300 valence electrons. The van der Waals surface area contributed by atoms with E-state index in [4.69, 9.17) is 4.74 Å². The number of aromatic nitrogens is 1. The predicted octanol–water partition coefficient (Wildman–Crippen LogP) is 8.59. The Balaban J connectivity index is 1.81. The van der Waals surface area contributed by atoms with Crippen LogP contribution in [0.3, 0.4) is 0 Å². The number of non-ortho nitro benzene ring substituents is 1. The lowest BCUT2D eigenvalue weighted by Gasteiger charge is -2.44. The first kappa shape index (κ1) is 43.3. The molecule has 5 aromatic rings. The van der Waals surface area contributed by atoms with Crippen molar-refractivity contribution in [3.05, 3.63) is 131 Å². The number of nitro groups is 1. The third-order valence-electron chi connectivity index (χ3n) is 11.6. The highest BCUT2D eigenvalue weighted by Crippen LogP contribution is 2.45. The van der Waals surface area contributed by atoms with Crippen LogP contribution in [-0.4, -0.2) is 53.0 Å². The molecule has 0 saturated heterocycles. The minimum atomic E-state index is -4.30. The second-order valence-corrected chi connectivity index (χ2v) is 28.5. The van der Waals surface area contributed by atoms with Crippen molar-refractivity contribution in [2.45, 2.75) is 101 Å². The van der Waals surface area contributed by atoms with Crippen molar-refractivity contribution in [2.24, 2.45) is 0 Å². The molecule has 0 aliphatic carbocycles. The fourth-order valence-corrected chi connectivity index (χ4v) is 21.5. The van der Waals surface area contributed by atoms with Gasteiger partial charge in [0, 0.05) is 35.0 Å². The molecule has 0 aliphatic rings. The van der Waals surface area contributed by atoms with Crippen LogP contribution in [0.5, 0.6) is 0 Å². The van der Waals surface area contributed by atoms with Gasteiger partial charge in [0.2, 0.25) is 18.1 Å². The van der Waals surface area contributed by atoms with E-state index in [0.29, 0.717) is 16.6 Å². The van der Waals surface area contributed by atoms with Crippen molar-refractivity contribution in [2.75, 3.05) is 7.11 Å². The Morgan fingerprint density at radius 2 is 1.35 bits per heavy atom. The number of nitro benzene ring substituents is 1. The standard InChI is InChI=1S/C45H55N3O6SSi2/c1-32(2)57(33(3)4,34(5)6)47-31-36(30-41(44(49)54-10)46-55(52,53)38-26-24-37(25-27-38)48(50)51)43-35(18-17-23-42(43)47)28-29-56(45(7,8)9,39-19-13-11-14-20-39)40-21-15-12-16-22-40/h11-27,31-34,41,46H,30H2,1-10H3/t41-/m0/s1. The van der Waals surface area contributed by atoms with E-state index in [2.05, 4.69) is 144 Å². The summed E-state index contributed by atoms with van der Waals surface area (Å²) in [4.78, 5) is 24.0. The molecule has 1 atom stereocenters. The van der Waals surface area contributed by atoms with E-state index < -0.39 is 43.3 Å². The van der Waals surface area contributed by atoms with E-state index in [1.807, 2.05) is 24.3 Å². The molecule has 1 aromatic heterocycles. The highest BCUT2D eigenvalue weighted by Gasteiger charge is 2.48. The number of fused-ring (bicyclic) bond motifs is 1. The van der Waals surface area contributed by atoms with Crippen molar-refractivity contribution >= 4 is 59.3 Å². The topological polar surface area (TPSA) is 121 Å². The number of esters is 1. The number of ether oxygens (including phenoxy) is 1. The number of nitrogens with one attached hydrogen (secondary N) is 1. The number of carbonyl (C=O) groups excluding carboxylic acids is 1. The van der Waals surface area contributed by atoms with Crippen LogP contribution >= 0.6 is 0 Å². The first-order valence-corrected chi connectivity index (χ1v) is 25.1. The van der Waals surface area contributed by atoms with Gasteiger partial charge in [-0.05, 0) is 68.1 Å². The maximum absolute atomic E-state index is 13.8. The summed E-state index contributed by atoms with van der Waals surface area (Å²) in [6.45, 7) is 20.5. The van der Waals surface area contributed by atoms with Crippen LogP contribution in [0.25, 0.3) is 10.9 Å². The van der Waals surface area contributed by atoms with E-state index in [1.165, 1.54) is 17.5 Å². The maximum atomic E-state index is 13.8. The van der Waals surface area contributed by atoms with Gasteiger partial charge in [0.25, 0.3) is 5.69 Å². The summed E-state index contributed by atoms with van der Waals surface area (Å²) in [5, 5.41) is 14.3. The molecular weight excluding hydrogens is 767 g/mol. The Labute approximate surface area is 340 Å². The summed E-state index contributed by atoms with van der Waals surface area (Å²) < 4.78 is 37.8. The van der Waals surface area contributed by atoms with Crippen LogP contribution in [-0.2, 0) is 26.0 Å². The van der Waals surface area contributed by atoms with Crippen molar-refractivity contribution in [1.82, 2.24) is 8.95 Å². The summed E-state index contributed by atoms with van der Waals surface area (Å²) in [6, 6.07) is 30.6. The van der Waals surface area contributed by atoms with Gasteiger partial charge in [0.15, 0.2) is 8.24 Å². The van der Waals surface area contributed by atoms with Crippen LogP contribution in [0.1, 0.15) is 73.4 Å². The third-order valence-corrected chi connectivity index (χ3v) is 25.0. The molecule has 0 fully saturated rings. The first-order valence-electron chi connectivity index (χ1n) is 19.4. The van der Waals surface area contributed by atoms with Crippen LogP contribution < -0.4 is 15.1 Å². The van der Waals surface area contributed by atoms with E-state index >= 15 is 0 Å². The van der Waals surface area contributed by atoms with Crippen LogP contribution in [0.2, 0.25) is 21.7 Å². The third kappa shape index (κ3) is 8.16. The molecule has 4 aromatic carbocycles. The minimum Gasteiger partial charge on any atom is -0.468 e. The van der Waals surface area contributed by atoms with Gasteiger partial charge in [-0.3, -0.25) is 14.9 Å². The van der Waals surface area contributed by atoms with E-state index in [1.54, 1.807) is 0 Å². The molecule has 0 radical (unpaired) electrons. The van der Waals surface area contributed by atoms with Crippen molar-refractivity contribution in [3.8, 4) is 11.5 Å². The van der Waals surface area contributed by atoms with Gasteiger partial charge >= 0.3 is 5.97 Å². The molecule has 0 aliphatic heterocycles. The largest absolute Gasteiger partial charge is 0.468 e. The fraction of sp³-hybridized carbons (Fsp3) is 0.356. The van der Waals surface area contributed by atoms with E-state index in [0.717, 1.165) is 46.3 Å². The lowest BCUT2D eigenvalue weighted by atomic mass is 10.0. The highest BCUT2D eigenvalue weighted by atomic mass is 32.2. The maximum Gasteiger partial charge on any atom is 0.324 e. The van der Waals surface area contributed by atoms with Gasteiger partial charge < -0.3 is 8.97 Å². The number of rotatable bonds is 13. The van der Waals surface area contributed by atoms with E-state index in [-0.39, 0.29) is 22.0 Å². The Kier molecular flexibility index (Phi) is 12.9. The van der Waals surface area contributed by atoms with Gasteiger partial charge in [-0.15, -0.1) is 5.54 Å².